The van der Waals surface area contributed by atoms with E-state index in [0.717, 1.165) is 0 Å². The van der Waals surface area contributed by atoms with Gasteiger partial charge in [0.2, 0.25) is 5.89 Å². The molecule has 0 fully saturated rings. The first-order valence-corrected chi connectivity index (χ1v) is 7.11. The van der Waals surface area contributed by atoms with Gasteiger partial charge < -0.3 is 10.2 Å². The maximum atomic E-state index is 12.1. The fraction of sp³-hybridized carbons (Fsp3) is 0.111. The van der Waals surface area contributed by atoms with Crippen molar-refractivity contribution >= 4 is 44.9 Å². The molecule has 0 bridgehead atoms. The van der Waals surface area contributed by atoms with Crippen molar-refractivity contribution in [1.82, 2.24) is 10.2 Å². The molecule has 7 nitrogen and oxygen atoms in total. The molecule has 0 saturated carbocycles. The Morgan fingerprint density at radius 3 is 2.32 bits per heavy atom. The van der Waals surface area contributed by atoms with Crippen LogP contribution in [0.3, 0.4) is 0 Å². The number of benzene rings is 1. The largest absolute Gasteiger partial charge is 0.408 e. The fourth-order valence-electron chi connectivity index (χ4n) is 1.34. The maximum Gasteiger partial charge on any atom is 0.329 e. The molecule has 1 aromatic heterocycles. The van der Waals surface area contributed by atoms with E-state index < -0.39 is 10.0 Å². The molecule has 10 heteroatoms. The summed E-state index contributed by atoms with van der Waals surface area (Å²) in [5, 5.41) is 6.80. The third-order valence-corrected chi connectivity index (χ3v) is 4.28. The molecule has 0 saturated heterocycles. The third kappa shape index (κ3) is 2.91. The second-order valence-corrected chi connectivity index (χ2v) is 5.98. The average molecular weight is 323 g/mol. The number of nitrogens with one attached hydrogen (secondary N) is 1. The predicted octanol–water partition coefficient (Wildman–Crippen LogP) is 2.07. The van der Waals surface area contributed by atoms with Gasteiger partial charge in [0, 0.05) is 12.6 Å². The third-order valence-electron chi connectivity index (χ3n) is 2.04. The summed E-state index contributed by atoms with van der Waals surface area (Å²) in [4.78, 5) is -0.305. The molecule has 102 valence electrons. The van der Waals surface area contributed by atoms with Crippen molar-refractivity contribution in [2.45, 2.75) is 11.8 Å². The summed E-state index contributed by atoms with van der Waals surface area (Å²) in [7, 11) is -4.04. The lowest BCUT2D eigenvalue weighted by atomic mass is 10.3. The summed E-state index contributed by atoms with van der Waals surface area (Å²) >= 11 is 11.7. The van der Waals surface area contributed by atoms with Crippen LogP contribution < -0.4 is 10.5 Å². The molecule has 0 unspecified atom stereocenters. The summed E-state index contributed by atoms with van der Waals surface area (Å²) in [5.41, 5.74) is 5.75. The molecule has 0 aliphatic heterocycles. The number of nitrogens with zero attached hydrogens (tertiary/aromatic N) is 2. The molecule has 19 heavy (non-hydrogen) atoms. The van der Waals surface area contributed by atoms with E-state index >= 15 is 0 Å². The zero-order valence-corrected chi connectivity index (χ0v) is 11.8. The number of aromatic nitrogens is 2. The van der Waals surface area contributed by atoms with Crippen molar-refractivity contribution in [2.24, 2.45) is 0 Å². The first kappa shape index (κ1) is 13.9. The van der Waals surface area contributed by atoms with E-state index in [1.165, 1.54) is 19.1 Å². The van der Waals surface area contributed by atoms with E-state index in [2.05, 4.69) is 14.9 Å². The highest BCUT2D eigenvalue weighted by atomic mass is 35.5. The smallest absolute Gasteiger partial charge is 0.329 e. The van der Waals surface area contributed by atoms with E-state index in [9.17, 15) is 8.42 Å². The Bertz CT molecular complexity index is 706. The molecule has 0 spiro atoms. The first-order chi connectivity index (χ1) is 8.79. The molecular weight excluding hydrogens is 315 g/mol. The number of nitrogen functional groups attached to an aromatic ring is 1. The minimum Gasteiger partial charge on any atom is -0.408 e. The van der Waals surface area contributed by atoms with Gasteiger partial charge in [-0.3, -0.25) is 0 Å². The van der Waals surface area contributed by atoms with Crippen molar-refractivity contribution in [1.29, 1.82) is 0 Å². The van der Waals surface area contributed by atoms with E-state index in [-0.39, 0.29) is 32.5 Å². The first-order valence-electron chi connectivity index (χ1n) is 4.87. The van der Waals surface area contributed by atoms with Crippen molar-refractivity contribution in [2.75, 3.05) is 10.5 Å². The highest BCUT2D eigenvalue weighted by molar-refractivity contribution is 7.93. The number of sulfonamides is 1. The molecular formula is C9H8Cl2N4O3S. The van der Waals surface area contributed by atoms with Crippen LogP contribution in [0.15, 0.2) is 21.4 Å². The highest BCUT2D eigenvalue weighted by Crippen LogP contribution is 2.32. The molecule has 0 aliphatic carbocycles. The van der Waals surface area contributed by atoms with Crippen LogP contribution in [-0.2, 0) is 10.0 Å². The lowest BCUT2D eigenvalue weighted by molar-refractivity contribution is 0.534. The van der Waals surface area contributed by atoms with E-state index in [1.54, 1.807) is 0 Å². The zero-order valence-electron chi connectivity index (χ0n) is 9.52. The number of anilines is 2. The van der Waals surface area contributed by atoms with Gasteiger partial charge in [-0.25, -0.2) is 13.1 Å². The van der Waals surface area contributed by atoms with Crippen molar-refractivity contribution in [3.63, 3.8) is 0 Å². The van der Waals surface area contributed by atoms with Crippen LogP contribution in [-0.4, -0.2) is 18.6 Å². The van der Waals surface area contributed by atoms with E-state index in [1.807, 2.05) is 0 Å². The zero-order chi connectivity index (χ0) is 14.2. The van der Waals surface area contributed by atoms with Crippen LogP contribution in [0.25, 0.3) is 0 Å². The molecule has 0 atom stereocenters. The Morgan fingerprint density at radius 2 is 1.84 bits per heavy atom. The number of hydrogen-bond donors (Lipinski definition) is 2. The molecule has 1 heterocycles. The van der Waals surface area contributed by atoms with Crippen LogP contribution in [0, 0.1) is 6.92 Å². The quantitative estimate of drug-likeness (QED) is 0.836. The van der Waals surface area contributed by atoms with Gasteiger partial charge in [-0.1, -0.05) is 28.3 Å². The van der Waals surface area contributed by atoms with Gasteiger partial charge in [0.15, 0.2) is 0 Å². The fourth-order valence-corrected chi connectivity index (χ4v) is 3.50. The van der Waals surface area contributed by atoms with Gasteiger partial charge in [0.05, 0.1) is 10.0 Å². The topological polar surface area (TPSA) is 111 Å². The Hall–Kier alpha value is -1.51. The maximum absolute atomic E-state index is 12.1. The Kier molecular flexibility index (Phi) is 3.57. The van der Waals surface area contributed by atoms with Crippen LogP contribution in [0.5, 0.6) is 0 Å². The van der Waals surface area contributed by atoms with Crippen molar-refractivity contribution < 1.29 is 12.8 Å². The number of rotatable bonds is 3. The summed E-state index contributed by atoms with van der Waals surface area (Å²) in [5.74, 6) is 0.215. The van der Waals surface area contributed by atoms with Gasteiger partial charge in [0.25, 0.3) is 10.0 Å². The second kappa shape index (κ2) is 4.87. The highest BCUT2D eigenvalue weighted by Gasteiger charge is 2.24. The lowest BCUT2D eigenvalue weighted by Gasteiger charge is -2.09. The van der Waals surface area contributed by atoms with Gasteiger partial charge in [-0.15, -0.1) is 5.10 Å². The van der Waals surface area contributed by atoms with Gasteiger partial charge >= 0.3 is 6.01 Å². The molecule has 0 aliphatic rings. The molecule has 2 aromatic rings. The van der Waals surface area contributed by atoms with Crippen LogP contribution in [0.4, 0.5) is 11.7 Å². The molecule has 0 radical (unpaired) electrons. The predicted molar refractivity (Wildman–Crippen MR) is 70.7 cm³/mol. The molecule has 0 amide bonds. The Morgan fingerprint density at radius 1 is 1.26 bits per heavy atom. The Labute approximate surface area is 118 Å². The van der Waals surface area contributed by atoms with Crippen LogP contribution in [0.2, 0.25) is 10.0 Å². The van der Waals surface area contributed by atoms with E-state index in [4.69, 9.17) is 33.4 Å². The van der Waals surface area contributed by atoms with Gasteiger partial charge in [-0.2, -0.15) is 0 Å². The number of hydrogen-bond acceptors (Lipinski definition) is 6. The Balaban J connectivity index is 2.45. The minimum absolute atomic E-state index is 0.103. The second-order valence-electron chi connectivity index (χ2n) is 3.55. The summed E-state index contributed by atoms with van der Waals surface area (Å²) in [6.07, 6.45) is 0. The van der Waals surface area contributed by atoms with Crippen LogP contribution in [0.1, 0.15) is 5.89 Å². The minimum atomic E-state index is -4.04. The summed E-state index contributed by atoms with van der Waals surface area (Å²) in [6.45, 7) is 1.52. The average Bonchev–Trinajstić information content (AvgIpc) is 2.60. The van der Waals surface area contributed by atoms with E-state index in [0.29, 0.717) is 0 Å². The summed E-state index contributed by atoms with van der Waals surface area (Å²) in [6, 6.07) is 2.28. The van der Waals surface area contributed by atoms with Crippen molar-refractivity contribution in [3.05, 3.63) is 28.1 Å². The molecule has 2 rings (SSSR count). The van der Waals surface area contributed by atoms with Gasteiger partial charge in [0.1, 0.15) is 4.90 Å². The monoisotopic (exact) mass is 322 g/mol. The lowest BCUT2D eigenvalue weighted by Crippen LogP contribution is -2.14. The van der Waals surface area contributed by atoms with Gasteiger partial charge in [-0.05, 0) is 12.1 Å². The standard InChI is InChI=1S/C9H8Cl2N4O3S/c1-4-13-14-9(18-4)15-19(16,17)8-6(10)2-5(12)3-7(8)11/h2-3H,12H2,1H3,(H,14,15). The van der Waals surface area contributed by atoms with Crippen LogP contribution >= 0.6 is 23.2 Å². The SMILES string of the molecule is Cc1nnc(NS(=O)(=O)c2c(Cl)cc(N)cc2Cl)o1. The molecule has 1 aromatic carbocycles. The number of nitrogens with two attached hydrogens (primary N) is 1. The number of halogens is 2. The van der Waals surface area contributed by atoms with Crippen molar-refractivity contribution in [3.8, 4) is 0 Å². The number of aryl methyl sites for hydroxylation is 1. The summed E-state index contributed by atoms with van der Waals surface area (Å²) < 4.78 is 31.2. The normalized spacial score (nSPS) is 11.5. The molecule has 3 N–H and O–H groups in total.